The number of ether oxygens (including phenoxy) is 2. The fourth-order valence-electron chi connectivity index (χ4n) is 2.23. The van der Waals surface area contributed by atoms with Crippen molar-refractivity contribution in [3.8, 4) is 5.75 Å². The van der Waals surface area contributed by atoms with Crippen molar-refractivity contribution in [1.82, 2.24) is 0 Å². The largest absolute Gasteiger partial charge is 0.491 e. The van der Waals surface area contributed by atoms with Crippen molar-refractivity contribution in [3.05, 3.63) is 71.2 Å². The van der Waals surface area contributed by atoms with Crippen molar-refractivity contribution in [1.29, 1.82) is 0 Å². The number of cyclic esters (lactones) is 1. The fourth-order valence-corrected chi connectivity index (χ4v) is 2.23. The summed E-state index contributed by atoms with van der Waals surface area (Å²) in [7, 11) is 0. The van der Waals surface area contributed by atoms with Crippen LogP contribution < -0.4 is 4.74 Å². The number of benzene rings is 2. The molecule has 0 fully saturated rings. The molecule has 0 N–H and O–H groups in total. The molecule has 0 aromatic heterocycles. The Bertz CT molecular complexity index is 823. The minimum absolute atomic E-state index is 0.0240. The van der Waals surface area contributed by atoms with E-state index in [-0.39, 0.29) is 23.3 Å². The number of hydrogen-bond acceptors (Lipinski definition) is 4. The van der Waals surface area contributed by atoms with Crippen molar-refractivity contribution in [2.75, 3.05) is 0 Å². The molecule has 5 heteroatoms. The quantitative estimate of drug-likeness (QED) is 0.631. The summed E-state index contributed by atoms with van der Waals surface area (Å²) in [4.78, 5) is 16.0. The van der Waals surface area contributed by atoms with Crippen LogP contribution in [-0.4, -0.2) is 18.0 Å². The summed E-state index contributed by atoms with van der Waals surface area (Å²) in [5, 5.41) is 0. The maximum Gasteiger partial charge on any atom is 0.363 e. The Morgan fingerprint density at radius 1 is 1.12 bits per heavy atom. The second-order valence-electron chi connectivity index (χ2n) is 5.55. The van der Waals surface area contributed by atoms with Crippen LogP contribution in [0, 0.1) is 5.82 Å². The van der Waals surface area contributed by atoms with Crippen LogP contribution in [0.15, 0.2) is 59.2 Å². The second-order valence-corrected chi connectivity index (χ2v) is 5.55. The van der Waals surface area contributed by atoms with Crippen molar-refractivity contribution < 1.29 is 18.7 Å². The molecule has 0 aliphatic carbocycles. The zero-order valence-electron chi connectivity index (χ0n) is 13.3. The van der Waals surface area contributed by atoms with E-state index >= 15 is 0 Å². The first-order valence-electron chi connectivity index (χ1n) is 7.57. The molecule has 0 saturated carbocycles. The highest BCUT2D eigenvalue weighted by Crippen LogP contribution is 2.22. The van der Waals surface area contributed by atoms with Gasteiger partial charge in [0.1, 0.15) is 11.6 Å². The number of rotatable bonds is 4. The van der Waals surface area contributed by atoms with Gasteiger partial charge in [-0.1, -0.05) is 24.3 Å². The highest BCUT2D eigenvalue weighted by atomic mass is 19.1. The molecule has 0 saturated heterocycles. The molecule has 1 aliphatic rings. The van der Waals surface area contributed by atoms with E-state index < -0.39 is 11.8 Å². The van der Waals surface area contributed by atoms with Gasteiger partial charge in [0.15, 0.2) is 5.70 Å². The Morgan fingerprint density at radius 3 is 2.50 bits per heavy atom. The van der Waals surface area contributed by atoms with E-state index in [2.05, 4.69) is 4.99 Å². The standard InChI is InChI=1S/C19H16FNO3/c1-12(2)23-14-9-7-13(8-10-14)11-17-19(22)24-18(21-17)15-5-3-4-6-16(15)20/h3-12H,1-2H3. The Hall–Kier alpha value is -2.95. The van der Waals surface area contributed by atoms with E-state index in [1.807, 2.05) is 38.1 Å². The minimum atomic E-state index is -0.601. The lowest BCUT2D eigenvalue weighted by Gasteiger charge is -2.09. The molecule has 1 heterocycles. The van der Waals surface area contributed by atoms with Crippen LogP contribution in [0.1, 0.15) is 25.0 Å². The molecular weight excluding hydrogens is 309 g/mol. The van der Waals surface area contributed by atoms with Gasteiger partial charge in [0.25, 0.3) is 0 Å². The van der Waals surface area contributed by atoms with Crippen LogP contribution in [-0.2, 0) is 9.53 Å². The Labute approximate surface area is 139 Å². The zero-order valence-corrected chi connectivity index (χ0v) is 13.3. The molecule has 1 aliphatic heterocycles. The van der Waals surface area contributed by atoms with E-state index in [9.17, 15) is 9.18 Å². The number of nitrogens with zero attached hydrogens (tertiary/aromatic N) is 1. The zero-order chi connectivity index (χ0) is 17.1. The topological polar surface area (TPSA) is 47.9 Å². The Balaban J connectivity index is 1.85. The summed E-state index contributed by atoms with van der Waals surface area (Å²) in [5.74, 6) is -0.364. The first-order valence-corrected chi connectivity index (χ1v) is 7.57. The first kappa shape index (κ1) is 15.9. The van der Waals surface area contributed by atoms with Crippen LogP contribution >= 0.6 is 0 Å². The van der Waals surface area contributed by atoms with Crippen molar-refractivity contribution in [3.63, 3.8) is 0 Å². The SMILES string of the molecule is CC(C)Oc1ccc(C=C2N=C(c3ccccc3F)OC2=O)cc1. The molecule has 4 nitrogen and oxygen atoms in total. The molecule has 0 unspecified atom stereocenters. The average molecular weight is 325 g/mol. The number of aliphatic imine (C=N–C) groups is 1. The normalized spacial score (nSPS) is 15.6. The van der Waals surface area contributed by atoms with E-state index in [0.29, 0.717) is 0 Å². The van der Waals surface area contributed by atoms with Crippen molar-refractivity contribution in [2.24, 2.45) is 4.99 Å². The third kappa shape index (κ3) is 3.51. The summed E-state index contributed by atoms with van der Waals surface area (Å²) < 4.78 is 24.4. The molecule has 0 radical (unpaired) electrons. The number of carbonyl (C=O) groups excluding carboxylic acids is 1. The predicted octanol–water partition coefficient (Wildman–Crippen LogP) is 3.96. The van der Waals surface area contributed by atoms with Gasteiger partial charge in [-0.3, -0.25) is 0 Å². The van der Waals surface area contributed by atoms with E-state index in [1.54, 1.807) is 18.2 Å². The third-order valence-corrected chi connectivity index (χ3v) is 3.28. The second kappa shape index (κ2) is 6.66. The Kier molecular flexibility index (Phi) is 4.42. The third-order valence-electron chi connectivity index (χ3n) is 3.28. The number of hydrogen-bond donors (Lipinski definition) is 0. The molecule has 0 bridgehead atoms. The summed E-state index contributed by atoms with van der Waals surface area (Å²) in [6.45, 7) is 3.90. The lowest BCUT2D eigenvalue weighted by atomic mass is 10.2. The lowest BCUT2D eigenvalue weighted by Crippen LogP contribution is -2.07. The predicted molar refractivity (Wildman–Crippen MR) is 89.2 cm³/mol. The molecule has 2 aromatic carbocycles. The molecule has 0 atom stereocenters. The molecule has 3 rings (SSSR count). The van der Waals surface area contributed by atoms with E-state index in [4.69, 9.17) is 9.47 Å². The number of carbonyl (C=O) groups is 1. The van der Waals surface area contributed by atoms with Crippen LogP contribution in [0.4, 0.5) is 4.39 Å². The molecule has 0 spiro atoms. The Morgan fingerprint density at radius 2 is 1.83 bits per heavy atom. The van der Waals surface area contributed by atoms with E-state index in [0.717, 1.165) is 11.3 Å². The maximum absolute atomic E-state index is 13.8. The molecular formula is C19H16FNO3. The van der Waals surface area contributed by atoms with Gasteiger partial charge < -0.3 is 9.47 Å². The monoisotopic (exact) mass is 325 g/mol. The number of halogens is 1. The average Bonchev–Trinajstić information content (AvgIpc) is 2.90. The molecule has 24 heavy (non-hydrogen) atoms. The highest BCUT2D eigenvalue weighted by molar-refractivity contribution is 6.12. The van der Waals surface area contributed by atoms with Gasteiger partial charge in [-0.05, 0) is 49.8 Å². The van der Waals surface area contributed by atoms with Gasteiger partial charge in [0.2, 0.25) is 5.90 Å². The van der Waals surface area contributed by atoms with Crippen molar-refractivity contribution >= 4 is 17.9 Å². The smallest absolute Gasteiger partial charge is 0.363 e. The summed E-state index contributed by atoms with van der Waals surface area (Å²) in [5.41, 5.74) is 1.07. The fraction of sp³-hybridized carbons (Fsp3) is 0.158. The summed E-state index contributed by atoms with van der Waals surface area (Å²) in [6.07, 6.45) is 1.68. The highest BCUT2D eigenvalue weighted by Gasteiger charge is 2.25. The summed E-state index contributed by atoms with van der Waals surface area (Å²) in [6, 6.07) is 13.3. The van der Waals surface area contributed by atoms with Gasteiger partial charge in [-0.2, -0.15) is 0 Å². The van der Waals surface area contributed by atoms with Crippen LogP contribution in [0.3, 0.4) is 0 Å². The van der Waals surface area contributed by atoms with Crippen molar-refractivity contribution in [2.45, 2.75) is 20.0 Å². The molecule has 0 amide bonds. The van der Waals surface area contributed by atoms with Crippen LogP contribution in [0.2, 0.25) is 0 Å². The van der Waals surface area contributed by atoms with Gasteiger partial charge >= 0.3 is 5.97 Å². The maximum atomic E-state index is 13.8. The lowest BCUT2D eigenvalue weighted by molar-refractivity contribution is -0.129. The molecule has 122 valence electrons. The van der Waals surface area contributed by atoms with Crippen LogP contribution in [0.25, 0.3) is 6.08 Å². The van der Waals surface area contributed by atoms with Gasteiger partial charge in [0, 0.05) is 0 Å². The van der Waals surface area contributed by atoms with Gasteiger partial charge in [-0.25, -0.2) is 14.2 Å². The first-order chi connectivity index (χ1) is 11.5. The summed E-state index contributed by atoms with van der Waals surface area (Å²) >= 11 is 0. The van der Waals surface area contributed by atoms with Gasteiger partial charge in [0.05, 0.1) is 11.7 Å². The van der Waals surface area contributed by atoms with Crippen LogP contribution in [0.5, 0.6) is 5.75 Å². The molecule has 2 aromatic rings. The van der Waals surface area contributed by atoms with E-state index in [1.165, 1.54) is 12.1 Å². The van der Waals surface area contributed by atoms with Gasteiger partial charge in [-0.15, -0.1) is 0 Å². The number of esters is 1. The minimum Gasteiger partial charge on any atom is -0.491 e.